The molecule has 0 spiro atoms. The van der Waals surface area contributed by atoms with Crippen molar-refractivity contribution in [2.24, 2.45) is 35.2 Å². The third-order valence-corrected chi connectivity index (χ3v) is 16.9. The Morgan fingerprint density at radius 3 is 1.10 bits per heavy atom. The molecule has 458 valence electrons. The van der Waals surface area contributed by atoms with Crippen LogP contribution < -0.4 is 22.8 Å². The molecule has 0 unspecified atom stereocenters. The first kappa shape index (κ1) is 62.9. The van der Waals surface area contributed by atoms with Gasteiger partial charge in [0.1, 0.15) is 35.2 Å². The molecule has 0 aliphatic carbocycles. The van der Waals surface area contributed by atoms with Gasteiger partial charge < -0.3 is 0 Å². The van der Waals surface area contributed by atoms with Crippen LogP contribution >= 0.6 is 0 Å². The molecule has 0 fully saturated rings. The highest BCUT2D eigenvalue weighted by Crippen LogP contribution is 2.31. The predicted molar refractivity (Wildman–Crippen MR) is 374 cm³/mol. The molecule has 5 heterocycles. The van der Waals surface area contributed by atoms with Crippen molar-refractivity contribution in [3.63, 3.8) is 0 Å². The van der Waals surface area contributed by atoms with Crippen LogP contribution in [0.5, 0.6) is 0 Å². The van der Waals surface area contributed by atoms with E-state index in [1.54, 1.807) is 6.20 Å². The number of nitrogens with zero attached hydrogens (tertiary/aromatic N) is 5. The summed E-state index contributed by atoms with van der Waals surface area (Å²) >= 11 is 0. The second-order valence-electron chi connectivity index (χ2n) is 24.6. The topological polar surface area (TPSA) is 19.4 Å². The molecule has 5 nitrogen and oxygen atoms in total. The van der Waals surface area contributed by atoms with Gasteiger partial charge in [-0.05, 0) is 213 Å². The van der Waals surface area contributed by atoms with Gasteiger partial charge in [-0.2, -0.15) is 0 Å². The summed E-state index contributed by atoms with van der Waals surface area (Å²) in [5, 5.41) is 0. The standard InChI is InChI=1S/C19H26N.C17H22N.2C16H20N.C15H18N/c1-6-16(7-2)18-12-19(20(5)13-15(18)4)17-11-9-8-10-14(17)3;1-12(2)15-7-8-16(14(4)10-15)17-9-6-13(3)11-18(17)5;1-5-14-7-8-15(13(3)10-14)16-9-6-12(2)11-17(16)4;1-5-14-7-9-16(17(4)11-14)15-8-6-12(2)10-13(15)3;1-11-5-7-14(13(3)9-11)15-8-6-12(2)10-16(15)4/h8-13,16H,6-7H2,1-5H3;6-12H,1-5H3;2*6-11H,5H2,1-4H3;5-10H,1-4H3/q5*+1/i4D3,16D;;;;. The van der Waals surface area contributed by atoms with Crippen molar-refractivity contribution >= 4 is 0 Å². The van der Waals surface area contributed by atoms with Crippen molar-refractivity contribution in [1.29, 1.82) is 0 Å². The van der Waals surface area contributed by atoms with E-state index in [4.69, 9.17) is 5.48 Å². The molecule has 5 aromatic carbocycles. The van der Waals surface area contributed by atoms with Gasteiger partial charge >= 0.3 is 0 Å². The van der Waals surface area contributed by atoms with Gasteiger partial charge in [0.25, 0.3) is 0 Å². The van der Waals surface area contributed by atoms with Crippen molar-refractivity contribution in [1.82, 2.24) is 0 Å². The number of hydrogen-bond acceptors (Lipinski definition) is 0. The van der Waals surface area contributed by atoms with Gasteiger partial charge in [-0.15, -0.1) is 0 Å². The highest BCUT2D eigenvalue weighted by atomic mass is 14.9. The average molecular weight is 1180 g/mol. The van der Waals surface area contributed by atoms with Crippen LogP contribution in [0.2, 0.25) is 0 Å². The maximum Gasteiger partial charge on any atom is 0.212 e. The molecule has 0 bridgehead atoms. The molecule has 0 aliphatic heterocycles. The van der Waals surface area contributed by atoms with Gasteiger partial charge in [0.15, 0.2) is 31.0 Å². The molecule has 10 rings (SSSR count). The zero-order valence-corrected chi connectivity index (χ0v) is 57.5. The van der Waals surface area contributed by atoms with E-state index >= 15 is 0 Å². The summed E-state index contributed by atoms with van der Waals surface area (Å²) in [7, 11) is 10.3. The fourth-order valence-corrected chi connectivity index (χ4v) is 11.7. The first-order valence-corrected chi connectivity index (χ1v) is 31.8. The Morgan fingerprint density at radius 2 is 0.716 bits per heavy atom. The summed E-state index contributed by atoms with van der Waals surface area (Å²) in [4.78, 5) is 0. The lowest BCUT2D eigenvalue weighted by atomic mass is 9.90. The Hall–Kier alpha value is -8.15. The number of hydrogen-bond donors (Lipinski definition) is 0. The van der Waals surface area contributed by atoms with Crippen molar-refractivity contribution in [3.8, 4) is 56.3 Å². The summed E-state index contributed by atoms with van der Waals surface area (Å²) in [5.74, 6) is -0.306. The first-order valence-electron chi connectivity index (χ1n) is 33.8. The third kappa shape index (κ3) is 18.2. The first-order chi connectivity index (χ1) is 43.4. The van der Waals surface area contributed by atoms with E-state index in [1.807, 2.05) is 62.7 Å². The maximum atomic E-state index is 8.80. The lowest BCUT2D eigenvalue weighted by Gasteiger charge is -2.16. The van der Waals surface area contributed by atoms with E-state index in [-0.39, 0.29) is 5.56 Å². The molecule has 0 N–H and O–H groups in total. The largest absolute Gasteiger partial charge is 0.212 e. The van der Waals surface area contributed by atoms with E-state index < -0.39 is 12.7 Å². The molecule has 88 heavy (non-hydrogen) atoms. The summed E-state index contributed by atoms with van der Waals surface area (Å²) in [6.07, 6.45) is 13.7. The van der Waals surface area contributed by atoms with Gasteiger partial charge in [-0.25, -0.2) is 22.8 Å². The van der Waals surface area contributed by atoms with Crippen LogP contribution in [0.25, 0.3) is 56.3 Å². The van der Waals surface area contributed by atoms with E-state index in [1.165, 1.54) is 112 Å². The Labute approximate surface area is 538 Å². The summed E-state index contributed by atoms with van der Waals surface area (Å²) in [5.41, 5.74) is 30.5. The molecule has 0 aliphatic rings. The van der Waals surface area contributed by atoms with Crippen LogP contribution in [-0.2, 0) is 48.1 Å². The van der Waals surface area contributed by atoms with E-state index in [2.05, 4.69) is 283 Å². The lowest BCUT2D eigenvalue weighted by Crippen LogP contribution is -2.32. The fraction of sp³-hybridized carbons (Fsp3) is 0.337. The Balaban J connectivity index is 0.000000184. The minimum Gasteiger partial charge on any atom is -0.201 e. The zero-order chi connectivity index (χ0) is 67.9. The minimum absolute atomic E-state index is 0.279. The second kappa shape index (κ2) is 32.2. The number of pyridine rings is 5. The predicted octanol–water partition coefficient (Wildman–Crippen LogP) is 18.4. The molecular formula is C83H106N5+5. The van der Waals surface area contributed by atoms with Crippen LogP contribution in [0.3, 0.4) is 0 Å². The van der Waals surface area contributed by atoms with Gasteiger partial charge in [-0.1, -0.05) is 119 Å². The van der Waals surface area contributed by atoms with Crippen LogP contribution in [0.15, 0.2) is 183 Å². The minimum atomic E-state index is -2.23. The molecule has 0 atom stereocenters. The highest BCUT2D eigenvalue weighted by molar-refractivity contribution is 5.65. The van der Waals surface area contributed by atoms with Crippen molar-refractivity contribution in [2.45, 2.75) is 155 Å². The smallest absolute Gasteiger partial charge is 0.201 e. The number of rotatable bonds is 11. The van der Waals surface area contributed by atoms with E-state index in [0.29, 0.717) is 24.3 Å². The average Bonchev–Trinajstić information content (AvgIpc) is 0.843. The third-order valence-electron chi connectivity index (χ3n) is 16.9. The molecule has 5 heteroatoms. The van der Waals surface area contributed by atoms with Crippen LogP contribution in [0, 0.1) is 76.1 Å². The quantitative estimate of drug-likeness (QED) is 0.115. The molecule has 0 radical (unpaired) electrons. The molecule has 5 aromatic heterocycles. The summed E-state index contributed by atoms with van der Waals surface area (Å²) in [6, 6.07) is 54.3. The van der Waals surface area contributed by atoms with E-state index in [0.717, 1.165) is 29.7 Å². The molecular weight excluding hydrogens is 1070 g/mol. The zero-order valence-electron chi connectivity index (χ0n) is 61.5. The molecule has 0 amide bonds. The Kier molecular flexibility index (Phi) is 23.0. The highest BCUT2D eigenvalue weighted by Gasteiger charge is 2.20. The molecule has 0 saturated carbocycles. The fourth-order valence-electron chi connectivity index (χ4n) is 11.7. The van der Waals surface area contributed by atoms with Gasteiger partial charge in [0, 0.05) is 91.4 Å². The Bertz CT molecular complexity index is 4000. The number of benzene rings is 5. The van der Waals surface area contributed by atoms with Crippen molar-refractivity contribution in [2.75, 3.05) is 0 Å². The van der Waals surface area contributed by atoms with Gasteiger partial charge in [0.05, 0.1) is 0 Å². The van der Waals surface area contributed by atoms with Gasteiger partial charge in [-0.3, -0.25) is 0 Å². The Morgan fingerprint density at radius 1 is 0.341 bits per heavy atom. The molecule has 0 saturated heterocycles. The van der Waals surface area contributed by atoms with Crippen LogP contribution in [0.4, 0.5) is 0 Å². The monoisotopic (exact) mass is 1180 g/mol. The van der Waals surface area contributed by atoms with Crippen LogP contribution in [-0.4, -0.2) is 0 Å². The molecule has 10 aromatic rings. The second-order valence-corrected chi connectivity index (χ2v) is 24.6. The number of aryl methyl sites for hydroxylation is 18. The van der Waals surface area contributed by atoms with Gasteiger partial charge in [0.2, 0.25) is 28.5 Å². The van der Waals surface area contributed by atoms with Crippen molar-refractivity contribution < 1.29 is 28.3 Å². The van der Waals surface area contributed by atoms with E-state index in [9.17, 15) is 0 Å². The van der Waals surface area contributed by atoms with Crippen LogP contribution in [0.1, 0.15) is 155 Å². The summed E-state index contributed by atoms with van der Waals surface area (Å²) in [6.45, 7) is 31.9. The number of aromatic nitrogens is 5. The normalized spacial score (nSPS) is 11.7. The lowest BCUT2D eigenvalue weighted by molar-refractivity contribution is -0.660. The maximum absolute atomic E-state index is 8.80. The van der Waals surface area contributed by atoms with Crippen molar-refractivity contribution in [3.05, 3.63) is 266 Å². The SMILES string of the molecule is CCc1ccc(-c2ccc(C)c[n+]2C)c(C)c1.CCc1ccc(-c2ccc(C)cc2C)[n+](C)c1.Cc1ccc(-c2ccc(C(C)C)cc2C)[n+](C)c1.Cc1ccc(-c2ccc(C)c[n+]2C)c(C)c1.[2H]C([2H])([2H])c1c[n+](C)c(-c2ccccc2C)cc1C([2H])(CC)CC. The summed E-state index contributed by atoms with van der Waals surface area (Å²) < 4.78 is 43.2.